The van der Waals surface area contributed by atoms with Crippen LogP contribution in [-0.2, 0) is 4.79 Å². The van der Waals surface area contributed by atoms with Crippen molar-refractivity contribution in [2.45, 2.75) is 31.6 Å². The van der Waals surface area contributed by atoms with E-state index in [1.807, 2.05) is 6.07 Å². The van der Waals surface area contributed by atoms with Gasteiger partial charge in [-0.05, 0) is 43.0 Å². The van der Waals surface area contributed by atoms with E-state index in [0.29, 0.717) is 16.9 Å². The van der Waals surface area contributed by atoms with E-state index >= 15 is 0 Å². The third kappa shape index (κ3) is 2.74. The van der Waals surface area contributed by atoms with Crippen molar-refractivity contribution in [1.82, 2.24) is 10.2 Å². The second-order valence-electron chi connectivity index (χ2n) is 6.62. The van der Waals surface area contributed by atoms with E-state index in [1.165, 1.54) is 6.42 Å². The second-order valence-corrected chi connectivity index (χ2v) is 7.01. The van der Waals surface area contributed by atoms with Crippen molar-refractivity contribution in [3.63, 3.8) is 0 Å². The Morgan fingerprint density at radius 2 is 1.87 bits per heavy atom. The van der Waals surface area contributed by atoms with E-state index in [1.54, 1.807) is 24.1 Å². The lowest BCUT2D eigenvalue weighted by atomic mass is 10.2. The average molecular weight is 332 g/mol. The van der Waals surface area contributed by atoms with E-state index in [-0.39, 0.29) is 17.7 Å². The molecule has 120 valence electrons. The molecule has 0 radical (unpaired) electrons. The maximum atomic E-state index is 12.6. The van der Waals surface area contributed by atoms with Crippen molar-refractivity contribution in [2.24, 2.45) is 11.8 Å². The molecule has 1 amide bonds. The number of furan rings is 1. The van der Waals surface area contributed by atoms with E-state index < -0.39 is 0 Å². The van der Waals surface area contributed by atoms with Crippen LogP contribution in [0.15, 0.2) is 28.7 Å². The number of carbonyl (C=O) groups is 1. The van der Waals surface area contributed by atoms with Crippen LogP contribution in [0.25, 0.3) is 0 Å². The summed E-state index contributed by atoms with van der Waals surface area (Å²) >= 11 is 5.73. The van der Waals surface area contributed by atoms with Crippen molar-refractivity contribution in [2.75, 3.05) is 11.9 Å². The summed E-state index contributed by atoms with van der Waals surface area (Å²) in [4.78, 5) is 14.1. The van der Waals surface area contributed by atoms with Crippen molar-refractivity contribution in [3.8, 4) is 0 Å². The van der Waals surface area contributed by atoms with Gasteiger partial charge in [0.25, 0.3) is 0 Å². The van der Waals surface area contributed by atoms with Gasteiger partial charge < -0.3 is 4.42 Å². The molecule has 2 fully saturated rings. The monoisotopic (exact) mass is 331 g/mol. The number of hydrogen-bond donors (Lipinski definition) is 0. The quantitative estimate of drug-likeness (QED) is 0.858. The van der Waals surface area contributed by atoms with Gasteiger partial charge in [0.1, 0.15) is 11.5 Å². The van der Waals surface area contributed by atoms with Crippen LogP contribution >= 0.6 is 11.6 Å². The molecule has 0 aromatic carbocycles. The predicted octanol–water partition coefficient (Wildman–Crippen LogP) is 3.61. The number of carbonyl (C=O) groups excluding carboxylic acids is 1. The summed E-state index contributed by atoms with van der Waals surface area (Å²) in [6.07, 6.45) is 2.04. The van der Waals surface area contributed by atoms with Crippen LogP contribution in [-0.4, -0.2) is 23.2 Å². The molecule has 0 N–H and O–H groups in total. The predicted molar refractivity (Wildman–Crippen MR) is 86.5 cm³/mol. The third-order valence-corrected chi connectivity index (χ3v) is 5.09. The molecule has 0 aliphatic heterocycles. The third-order valence-electron chi connectivity index (χ3n) is 4.89. The minimum atomic E-state index is -0.0342. The molecule has 0 spiro atoms. The van der Waals surface area contributed by atoms with Gasteiger partial charge in [-0.1, -0.05) is 18.5 Å². The standard InChI is InChI=1S/C17H18ClN3O2/c1-9-7-10(9)13-3-4-14(23-13)11-8-12(11)17(22)21(2)16-6-5-15(18)19-20-16/h3-6,9-12H,7-8H2,1-2H3. The Hall–Kier alpha value is -1.88. The zero-order valence-electron chi connectivity index (χ0n) is 13.1. The van der Waals surface area contributed by atoms with Crippen LogP contribution in [0.2, 0.25) is 5.15 Å². The Morgan fingerprint density at radius 3 is 2.48 bits per heavy atom. The Balaban J connectivity index is 1.42. The van der Waals surface area contributed by atoms with Crippen LogP contribution < -0.4 is 4.90 Å². The first-order valence-corrected chi connectivity index (χ1v) is 8.29. The van der Waals surface area contributed by atoms with E-state index in [0.717, 1.165) is 23.9 Å². The van der Waals surface area contributed by atoms with Gasteiger partial charge in [-0.25, -0.2) is 0 Å². The Bertz CT molecular complexity index is 743. The normalized spacial score (nSPS) is 28.5. The first-order valence-electron chi connectivity index (χ1n) is 7.91. The molecule has 2 aromatic heterocycles. The first-order chi connectivity index (χ1) is 11.0. The Kier molecular flexibility index (Phi) is 3.41. The average Bonchev–Trinajstić information content (AvgIpc) is 3.45. The number of aromatic nitrogens is 2. The van der Waals surface area contributed by atoms with E-state index in [2.05, 4.69) is 23.2 Å². The molecule has 5 nitrogen and oxygen atoms in total. The summed E-state index contributed by atoms with van der Waals surface area (Å²) in [5.41, 5.74) is 0. The Labute approximate surface area is 139 Å². The van der Waals surface area contributed by atoms with Crippen LogP contribution in [0.4, 0.5) is 5.82 Å². The first kappa shape index (κ1) is 14.7. The topological polar surface area (TPSA) is 59.2 Å². The van der Waals surface area contributed by atoms with Crippen LogP contribution in [0.3, 0.4) is 0 Å². The molecule has 23 heavy (non-hydrogen) atoms. The van der Waals surface area contributed by atoms with Crippen LogP contribution in [0.5, 0.6) is 0 Å². The molecule has 2 aromatic rings. The number of rotatable bonds is 4. The number of hydrogen-bond acceptors (Lipinski definition) is 4. The van der Waals surface area contributed by atoms with Crippen LogP contribution in [0.1, 0.15) is 43.1 Å². The minimum absolute atomic E-state index is 0.0342. The van der Waals surface area contributed by atoms with Crippen molar-refractivity contribution in [3.05, 3.63) is 40.9 Å². The van der Waals surface area contributed by atoms with Crippen molar-refractivity contribution in [1.29, 1.82) is 0 Å². The van der Waals surface area contributed by atoms with E-state index in [4.69, 9.17) is 16.0 Å². The number of nitrogens with zero attached hydrogens (tertiary/aromatic N) is 3. The summed E-state index contributed by atoms with van der Waals surface area (Å²) in [5.74, 6) is 4.02. The zero-order chi connectivity index (χ0) is 16.1. The highest BCUT2D eigenvalue weighted by molar-refractivity contribution is 6.29. The fourth-order valence-electron chi connectivity index (χ4n) is 3.12. The minimum Gasteiger partial charge on any atom is -0.465 e. The molecule has 0 bridgehead atoms. The molecule has 4 unspecified atom stereocenters. The molecule has 2 aliphatic carbocycles. The van der Waals surface area contributed by atoms with Gasteiger partial charge in [0.2, 0.25) is 5.91 Å². The summed E-state index contributed by atoms with van der Waals surface area (Å²) in [6, 6.07) is 7.43. The summed E-state index contributed by atoms with van der Waals surface area (Å²) in [5, 5.41) is 8.05. The highest BCUT2D eigenvalue weighted by Crippen LogP contribution is 2.52. The SMILES string of the molecule is CC1CC1c1ccc(C2CC2C(=O)N(C)c2ccc(Cl)nn2)o1. The molecule has 4 atom stereocenters. The fraction of sp³-hybridized carbons (Fsp3) is 0.471. The molecule has 2 saturated carbocycles. The molecular weight excluding hydrogens is 314 g/mol. The lowest BCUT2D eigenvalue weighted by Gasteiger charge is -2.15. The van der Waals surface area contributed by atoms with Gasteiger partial charge in [0, 0.05) is 24.8 Å². The Morgan fingerprint density at radius 1 is 1.17 bits per heavy atom. The highest BCUT2D eigenvalue weighted by atomic mass is 35.5. The summed E-state index contributed by atoms with van der Waals surface area (Å²) in [7, 11) is 1.72. The largest absolute Gasteiger partial charge is 0.465 e. The van der Waals surface area contributed by atoms with Crippen molar-refractivity contribution < 1.29 is 9.21 Å². The van der Waals surface area contributed by atoms with Gasteiger partial charge in [0.05, 0.1) is 0 Å². The highest BCUT2D eigenvalue weighted by Gasteiger charge is 2.48. The number of amides is 1. The summed E-state index contributed by atoms with van der Waals surface area (Å²) < 4.78 is 5.97. The van der Waals surface area contributed by atoms with Gasteiger partial charge in [-0.15, -0.1) is 10.2 Å². The lowest BCUT2D eigenvalue weighted by Crippen LogP contribution is -2.29. The smallest absolute Gasteiger partial charge is 0.231 e. The van der Waals surface area contributed by atoms with Gasteiger partial charge in [-0.3, -0.25) is 9.69 Å². The fourth-order valence-corrected chi connectivity index (χ4v) is 3.22. The molecule has 2 aliphatic rings. The molecule has 2 heterocycles. The molecular formula is C17H18ClN3O2. The lowest BCUT2D eigenvalue weighted by molar-refractivity contribution is -0.119. The van der Waals surface area contributed by atoms with Gasteiger partial charge in [0.15, 0.2) is 11.0 Å². The van der Waals surface area contributed by atoms with Gasteiger partial charge in [-0.2, -0.15) is 0 Å². The maximum absolute atomic E-state index is 12.6. The maximum Gasteiger partial charge on any atom is 0.231 e. The second kappa shape index (κ2) is 5.34. The summed E-state index contributed by atoms with van der Waals surface area (Å²) in [6.45, 7) is 2.23. The van der Waals surface area contributed by atoms with E-state index in [9.17, 15) is 4.79 Å². The van der Waals surface area contributed by atoms with Crippen molar-refractivity contribution >= 4 is 23.3 Å². The molecule has 0 saturated heterocycles. The molecule has 4 rings (SSSR count). The zero-order valence-corrected chi connectivity index (χ0v) is 13.8. The molecule has 6 heteroatoms. The number of halogens is 1. The van der Waals surface area contributed by atoms with Gasteiger partial charge >= 0.3 is 0 Å². The van der Waals surface area contributed by atoms with Crippen LogP contribution in [0, 0.1) is 11.8 Å². The number of anilines is 1.